The summed E-state index contributed by atoms with van der Waals surface area (Å²) in [6.45, 7) is 0. The number of anilines is 2. The lowest BCUT2D eigenvalue weighted by Crippen LogP contribution is -2.13. The van der Waals surface area contributed by atoms with Crippen LogP contribution >= 0.6 is 15.9 Å². The van der Waals surface area contributed by atoms with Gasteiger partial charge in [0.2, 0.25) is 0 Å². The van der Waals surface area contributed by atoms with E-state index in [0.29, 0.717) is 15.8 Å². The molecule has 0 saturated carbocycles. The number of sulfonamides is 1. The molecule has 0 aliphatic heterocycles. The highest BCUT2D eigenvalue weighted by Gasteiger charge is 2.15. The van der Waals surface area contributed by atoms with E-state index in [9.17, 15) is 12.8 Å². The van der Waals surface area contributed by atoms with Crippen LogP contribution in [0, 0.1) is 5.82 Å². The Morgan fingerprint density at radius 1 is 1.16 bits per heavy atom. The van der Waals surface area contributed by atoms with Crippen molar-refractivity contribution in [2.45, 2.75) is 4.90 Å². The van der Waals surface area contributed by atoms with Crippen LogP contribution in [0.4, 0.5) is 15.8 Å². The second-order valence-electron chi connectivity index (χ2n) is 3.80. The molecule has 3 N–H and O–H groups in total. The number of hydrogen-bond acceptors (Lipinski definition) is 3. The Hall–Kier alpha value is -1.60. The smallest absolute Gasteiger partial charge is 0.261 e. The summed E-state index contributed by atoms with van der Waals surface area (Å²) in [5.74, 6) is -0.613. The standard InChI is InChI=1S/C12H10BrFN2O2S/c13-11-5-4-9(7-12(11)15)16-19(17,18)10-3-1-2-8(14)6-10/h1-7,16H,15H2. The van der Waals surface area contributed by atoms with Crippen molar-refractivity contribution in [3.8, 4) is 0 Å². The molecule has 0 aliphatic carbocycles. The zero-order valence-electron chi connectivity index (χ0n) is 9.60. The van der Waals surface area contributed by atoms with E-state index < -0.39 is 15.8 Å². The highest BCUT2D eigenvalue weighted by molar-refractivity contribution is 9.10. The van der Waals surface area contributed by atoms with Crippen LogP contribution in [-0.2, 0) is 10.0 Å². The molecular weight excluding hydrogens is 335 g/mol. The zero-order valence-corrected chi connectivity index (χ0v) is 12.0. The highest BCUT2D eigenvalue weighted by Crippen LogP contribution is 2.24. The van der Waals surface area contributed by atoms with E-state index in [1.165, 1.54) is 24.3 Å². The van der Waals surface area contributed by atoms with E-state index in [2.05, 4.69) is 20.7 Å². The van der Waals surface area contributed by atoms with E-state index in [1.54, 1.807) is 12.1 Å². The third-order valence-corrected chi connectivity index (χ3v) is 4.46. The number of rotatable bonds is 3. The minimum Gasteiger partial charge on any atom is -0.398 e. The van der Waals surface area contributed by atoms with Crippen LogP contribution in [0.2, 0.25) is 0 Å². The Labute approximate surface area is 118 Å². The lowest BCUT2D eigenvalue weighted by Gasteiger charge is -2.09. The van der Waals surface area contributed by atoms with Crippen LogP contribution in [0.5, 0.6) is 0 Å². The van der Waals surface area contributed by atoms with Gasteiger partial charge in [-0.1, -0.05) is 6.07 Å². The summed E-state index contributed by atoms with van der Waals surface area (Å²) >= 11 is 3.21. The van der Waals surface area contributed by atoms with Gasteiger partial charge < -0.3 is 5.73 Å². The van der Waals surface area contributed by atoms with E-state index >= 15 is 0 Å². The van der Waals surface area contributed by atoms with Crippen LogP contribution in [0.3, 0.4) is 0 Å². The van der Waals surface area contributed by atoms with Gasteiger partial charge in [-0.25, -0.2) is 12.8 Å². The molecule has 0 amide bonds. The van der Waals surface area contributed by atoms with Crippen LogP contribution in [0.25, 0.3) is 0 Å². The molecule has 2 aromatic rings. The number of halogens is 2. The predicted octanol–water partition coefficient (Wildman–Crippen LogP) is 2.97. The maximum absolute atomic E-state index is 13.0. The molecule has 2 aromatic carbocycles. The van der Waals surface area contributed by atoms with Crippen molar-refractivity contribution in [1.82, 2.24) is 0 Å². The normalized spacial score (nSPS) is 11.3. The van der Waals surface area contributed by atoms with Crippen molar-refractivity contribution in [2.24, 2.45) is 0 Å². The third kappa shape index (κ3) is 3.24. The minimum atomic E-state index is -3.83. The first-order valence-corrected chi connectivity index (χ1v) is 7.49. The van der Waals surface area contributed by atoms with Crippen molar-refractivity contribution < 1.29 is 12.8 Å². The third-order valence-electron chi connectivity index (χ3n) is 2.35. The SMILES string of the molecule is Nc1cc(NS(=O)(=O)c2cccc(F)c2)ccc1Br. The van der Waals surface area contributed by atoms with E-state index in [0.717, 1.165) is 6.07 Å². The Morgan fingerprint density at radius 3 is 2.53 bits per heavy atom. The van der Waals surface area contributed by atoms with Gasteiger partial charge in [0.05, 0.1) is 10.6 Å². The second kappa shape index (κ2) is 5.18. The summed E-state index contributed by atoms with van der Waals surface area (Å²) < 4.78 is 40.1. The first kappa shape index (κ1) is 13.8. The molecule has 0 atom stereocenters. The molecule has 19 heavy (non-hydrogen) atoms. The first-order chi connectivity index (χ1) is 8.88. The highest BCUT2D eigenvalue weighted by atomic mass is 79.9. The summed E-state index contributed by atoms with van der Waals surface area (Å²) in [6, 6.07) is 9.42. The minimum absolute atomic E-state index is 0.144. The molecule has 0 bridgehead atoms. The van der Waals surface area contributed by atoms with Crippen LogP contribution in [0.1, 0.15) is 0 Å². The van der Waals surface area contributed by atoms with Crippen LogP contribution in [0.15, 0.2) is 51.8 Å². The Morgan fingerprint density at radius 2 is 1.89 bits per heavy atom. The monoisotopic (exact) mass is 344 g/mol. The molecule has 0 aromatic heterocycles. The number of nitrogen functional groups attached to an aromatic ring is 1. The van der Waals surface area contributed by atoms with Gasteiger partial charge in [-0.15, -0.1) is 0 Å². The van der Waals surface area contributed by atoms with Gasteiger partial charge >= 0.3 is 0 Å². The lowest BCUT2D eigenvalue weighted by atomic mass is 10.3. The average molecular weight is 345 g/mol. The molecule has 0 heterocycles. The van der Waals surface area contributed by atoms with Gasteiger partial charge in [-0.05, 0) is 52.3 Å². The van der Waals surface area contributed by atoms with Crippen molar-refractivity contribution in [3.05, 3.63) is 52.8 Å². The Kier molecular flexibility index (Phi) is 3.77. The van der Waals surface area contributed by atoms with Gasteiger partial charge in [-0.3, -0.25) is 4.72 Å². The topological polar surface area (TPSA) is 72.2 Å². The fourth-order valence-corrected chi connectivity index (χ4v) is 2.78. The maximum atomic E-state index is 13.0. The largest absolute Gasteiger partial charge is 0.398 e. The Balaban J connectivity index is 2.33. The van der Waals surface area contributed by atoms with Gasteiger partial charge in [-0.2, -0.15) is 0 Å². The maximum Gasteiger partial charge on any atom is 0.261 e. The van der Waals surface area contributed by atoms with Crippen molar-refractivity contribution in [3.63, 3.8) is 0 Å². The summed E-state index contributed by atoms with van der Waals surface area (Å²) in [4.78, 5) is -0.144. The summed E-state index contributed by atoms with van der Waals surface area (Å²) in [5.41, 5.74) is 6.37. The van der Waals surface area contributed by atoms with Crippen molar-refractivity contribution >= 4 is 37.3 Å². The van der Waals surface area contributed by atoms with E-state index in [-0.39, 0.29) is 4.90 Å². The van der Waals surface area contributed by atoms with Gasteiger partial charge in [0, 0.05) is 10.2 Å². The molecule has 0 unspecified atom stereocenters. The summed E-state index contributed by atoms with van der Waals surface area (Å²) in [5, 5.41) is 0. The zero-order chi connectivity index (χ0) is 14.0. The Bertz CT molecular complexity index is 719. The van der Waals surface area contributed by atoms with Gasteiger partial charge in [0.15, 0.2) is 0 Å². The molecule has 100 valence electrons. The number of nitrogens with one attached hydrogen (secondary N) is 1. The molecule has 7 heteroatoms. The quantitative estimate of drug-likeness (QED) is 0.840. The molecule has 0 saturated heterocycles. The van der Waals surface area contributed by atoms with E-state index in [1.807, 2.05) is 0 Å². The molecule has 0 spiro atoms. The summed E-state index contributed by atoms with van der Waals surface area (Å²) in [6.07, 6.45) is 0. The van der Waals surface area contributed by atoms with Crippen molar-refractivity contribution in [2.75, 3.05) is 10.5 Å². The van der Waals surface area contributed by atoms with Gasteiger partial charge in [0.25, 0.3) is 10.0 Å². The van der Waals surface area contributed by atoms with E-state index in [4.69, 9.17) is 5.73 Å². The number of nitrogens with two attached hydrogens (primary N) is 1. The van der Waals surface area contributed by atoms with Crippen LogP contribution < -0.4 is 10.5 Å². The predicted molar refractivity (Wildman–Crippen MR) is 75.8 cm³/mol. The van der Waals surface area contributed by atoms with Crippen molar-refractivity contribution in [1.29, 1.82) is 0 Å². The number of hydrogen-bond donors (Lipinski definition) is 2. The first-order valence-electron chi connectivity index (χ1n) is 5.22. The molecule has 0 aliphatic rings. The number of benzene rings is 2. The molecule has 4 nitrogen and oxygen atoms in total. The average Bonchev–Trinajstić information content (AvgIpc) is 2.33. The lowest BCUT2D eigenvalue weighted by molar-refractivity contribution is 0.595. The van der Waals surface area contributed by atoms with Gasteiger partial charge in [0.1, 0.15) is 5.82 Å². The summed E-state index contributed by atoms with van der Waals surface area (Å²) in [7, 11) is -3.83. The van der Waals surface area contributed by atoms with Crippen LogP contribution in [-0.4, -0.2) is 8.42 Å². The fourth-order valence-electron chi connectivity index (χ4n) is 1.46. The molecule has 0 fully saturated rings. The fraction of sp³-hybridized carbons (Fsp3) is 0. The second-order valence-corrected chi connectivity index (χ2v) is 6.34. The molecule has 2 rings (SSSR count). The molecular formula is C12H10BrFN2O2S. The molecule has 0 radical (unpaired) electrons.